The summed E-state index contributed by atoms with van der Waals surface area (Å²) in [6, 6.07) is 20.8. The molecule has 0 atom stereocenters. The Kier molecular flexibility index (Phi) is 4.66. The molecule has 2 N–H and O–H groups in total. The zero-order valence-corrected chi connectivity index (χ0v) is 12.3. The number of rotatable bonds is 6. The lowest BCUT2D eigenvalue weighted by Crippen LogP contribution is -2.83. The number of furan rings is 1. The number of quaternary nitrogens is 1. The molecule has 0 unspecified atom stereocenters. The van der Waals surface area contributed by atoms with Gasteiger partial charge < -0.3 is 9.73 Å². The molecular weight excluding hydrogens is 277 g/mol. The molecule has 0 saturated carbocycles. The van der Waals surface area contributed by atoms with Crippen LogP contribution in [-0.4, -0.2) is 6.54 Å². The minimum Gasteiger partial charge on any atom is -0.455 e. The van der Waals surface area contributed by atoms with Crippen LogP contribution < -0.4 is 5.32 Å². The maximum absolute atomic E-state index is 13.7. The molecule has 3 rings (SSSR count). The first-order chi connectivity index (χ1) is 10.8. The summed E-state index contributed by atoms with van der Waals surface area (Å²) in [5.41, 5.74) is 1.85. The van der Waals surface area contributed by atoms with Gasteiger partial charge in [-0.2, -0.15) is 0 Å². The lowest BCUT2D eigenvalue weighted by molar-refractivity contribution is -0.671. The van der Waals surface area contributed by atoms with Crippen molar-refractivity contribution in [2.45, 2.75) is 13.0 Å². The first kappa shape index (κ1) is 14.5. The van der Waals surface area contributed by atoms with Crippen LogP contribution in [0.15, 0.2) is 71.1 Å². The summed E-state index contributed by atoms with van der Waals surface area (Å²) < 4.78 is 19.4. The van der Waals surface area contributed by atoms with Crippen LogP contribution in [0, 0.1) is 5.82 Å². The smallest absolute Gasteiger partial charge is 0.158 e. The Hall–Kier alpha value is -2.39. The van der Waals surface area contributed by atoms with E-state index in [1.165, 1.54) is 11.6 Å². The highest BCUT2D eigenvalue weighted by molar-refractivity contribution is 5.58. The van der Waals surface area contributed by atoms with Gasteiger partial charge in [0.25, 0.3) is 0 Å². The standard InChI is InChI=1S/C19H18FNO/c20-18-9-5-4-8-17(18)19-11-10-16(22-19)14-21-13-12-15-6-2-1-3-7-15/h1-11,21H,12-14H2/p+1. The molecule has 2 nitrogen and oxygen atoms in total. The average molecular weight is 296 g/mol. The van der Waals surface area contributed by atoms with E-state index in [0.717, 1.165) is 25.3 Å². The van der Waals surface area contributed by atoms with Gasteiger partial charge in [0.15, 0.2) is 5.76 Å². The number of nitrogens with two attached hydrogens (primary N) is 1. The third-order valence-electron chi connectivity index (χ3n) is 3.63. The van der Waals surface area contributed by atoms with Crippen LogP contribution in [0.2, 0.25) is 0 Å². The van der Waals surface area contributed by atoms with E-state index in [2.05, 4.69) is 29.6 Å². The zero-order valence-electron chi connectivity index (χ0n) is 12.3. The fourth-order valence-corrected chi connectivity index (χ4v) is 2.45. The number of halogens is 1. The summed E-state index contributed by atoms with van der Waals surface area (Å²) in [5.74, 6) is 1.20. The predicted molar refractivity (Wildman–Crippen MR) is 84.7 cm³/mol. The molecule has 3 aromatic rings. The Bertz CT molecular complexity index is 721. The summed E-state index contributed by atoms with van der Waals surface area (Å²) in [6.45, 7) is 1.76. The van der Waals surface area contributed by atoms with Gasteiger partial charge in [-0.1, -0.05) is 42.5 Å². The first-order valence-corrected chi connectivity index (χ1v) is 7.52. The van der Waals surface area contributed by atoms with Crippen molar-refractivity contribution in [3.8, 4) is 11.3 Å². The second-order valence-corrected chi connectivity index (χ2v) is 5.26. The Labute approximate surface area is 129 Å². The van der Waals surface area contributed by atoms with E-state index in [1.807, 2.05) is 24.3 Å². The molecule has 2 aromatic carbocycles. The second-order valence-electron chi connectivity index (χ2n) is 5.26. The van der Waals surface area contributed by atoms with E-state index < -0.39 is 0 Å². The molecule has 0 spiro atoms. The van der Waals surface area contributed by atoms with E-state index in [-0.39, 0.29) is 5.82 Å². The van der Waals surface area contributed by atoms with E-state index in [9.17, 15) is 4.39 Å². The molecule has 0 aliphatic rings. The topological polar surface area (TPSA) is 29.8 Å². The van der Waals surface area contributed by atoms with Gasteiger partial charge in [0.2, 0.25) is 0 Å². The minimum atomic E-state index is -0.253. The summed E-state index contributed by atoms with van der Waals surface area (Å²) in [5, 5.41) is 2.21. The quantitative estimate of drug-likeness (QED) is 0.694. The fraction of sp³-hybridized carbons (Fsp3) is 0.158. The highest BCUT2D eigenvalue weighted by atomic mass is 19.1. The van der Waals surface area contributed by atoms with Crippen LogP contribution in [0.5, 0.6) is 0 Å². The van der Waals surface area contributed by atoms with E-state index >= 15 is 0 Å². The van der Waals surface area contributed by atoms with Crippen molar-refractivity contribution in [2.24, 2.45) is 0 Å². The Morgan fingerprint density at radius 1 is 0.864 bits per heavy atom. The molecule has 112 valence electrons. The third kappa shape index (κ3) is 3.62. The fourth-order valence-electron chi connectivity index (χ4n) is 2.45. The van der Waals surface area contributed by atoms with Crippen molar-refractivity contribution in [3.63, 3.8) is 0 Å². The Balaban J connectivity index is 1.53. The number of hydrogen-bond donors (Lipinski definition) is 1. The number of benzene rings is 2. The largest absolute Gasteiger partial charge is 0.455 e. The second kappa shape index (κ2) is 7.05. The lowest BCUT2D eigenvalue weighted by Gasteiger charge is -2.01. The van der Waals surface area contributed by atoms with Crippen molar-refractivity contribution in [3.05, 3.63) is 83.9 Å². The molecule has 22 heavy (non-hydrogen) atoms. The third-order valence-corrected chi connectivity index (χ3v) is 3.63. The van der Waals surface area contributed by atoms with Gasteiger partial charge in [-0.3, -0.25) is 0 Å². The minimum absolute atomic E-state index is 0.253. The molecule has 0 aliphatic carbocycles. The highest BCUT2D eigenvalue weighted by Crippen LogP contribution is 2.24. The average Bonchev–Trinajstić information content (AvgIpc) is 3.02. The van der Waals surface area contributed by atoms with Crippen LogP contribution in [0.4, 0.5) is 4.39 Å². The Morgan fingerprint density at radius 2 is 1.64 bits per heavy atom. The van der Waals surface area contributed by atoms with Gasteiger partial charge in [0.1, 0.15) is 18.1 Å². The Morgan fingerprint density at radius 3 is 2.45 bits per heavy atom. The normalized spacial score (nSPS) is 10.8. The molecule has 0 saturated heterocycles. The molecule has 0 aliphatic heterocycles. The molecule has 1 heterocycles. The van der Waals surface area contributed by atoms with E-state index in [4.69, 9.17) is 4.42 Å². The van der Waals surface area contributed by atoms with E-state index in [1.54, 1.807) is 12.1 Å². The monoisotopic (exact) mass is 296 g/mol. The molecule has 0 amide bonds. The number of hydrogen-bond acceptors (Lipinski definition) is 1. The van der Waals surface area contributed by atoms with Gasteiger partial charge in [-0.15, -0.1) is 0 Å². The molecule has 0 fully saturated rings. The maximum atomic E-state index is 13.7. The van der Waals surface area contributed by atoms with Crippen LogP contribution in [0.1, 0.15) is 11.3 Å². The van der Waals surface area contributed by atoms with Gasteiger partial charge in [-0.25, -0.2) is 4.39 Å². The summed E-state index contributed by atoms with van der Waals surface area (Å²) in [7, 11) is 0. The van der Waals surface area contributed by atoms with Gasteiger partial charge in [-0.05, 0) is 29.8 Å². The molecule has 0 bridgehead atoms. The molecule has 1 aromatic heterocycles. The summed E-state index contributed by atoms with van der Waals surface area (Å²) in [4.78, 5) is 0. The van der Waals surface area contributed by atoms with Crippen LogP contribution in [0.25, 0.3) is 11.3 Å². The predicted octanol–water partition coefficient (Wildman–Crippen LogP) is 3.39. The van der Waals surface area contributed by atoms with E-state index in [0.29, 0.717) is 11.3 Å². The maximum Gasteiger partial charge on any atom is 0.158 e. The summed E-state index contributed by atoms with van der Waals surface area (Å²) >= 11 is 0. The van der Waals surface area contributed by atoms with Gasteiger partial charge in [0, 0.05) is 6.42 Å². The van der Waals surface area contributed by atoms with Crippen molar-refractivity contribution in [2.75, 3.05) is 6.54 Å². The first-order valence-electron chi connectivity index (χ1n) is 7.52. The highest BCUT2D eigenvalue weighted by Gasteiger charge is 2.09. The molecule has 3 heteroatoms. The van der Waals surface area contributed by atoms with Gasteiger partial charge in [0.05, 0.1) is 12.1 Å². The summed E-state index contributed by atoms with van der Waals surface area (Å²) in [6.07, 6.45) is 1.03. The van der Waals surface area contributed by atoms with Crippen molar-refractivity contribution in [1.29, 1.82) is 0 Å². The lowest BCUT2D eigenvalue weighted by atomic mass is 10.1. The zero-order chi connectivity index (χ0) is 15.2. The molecular formula is C19H19FNO+. The van der Waals surface area contributed by atoms with Crippen LogP contribution in [-0.2, 0) is 13.0 Å². The van der Waals surface area contributed by atoms with Crippen LogP contribution in [0.3, 0.4) is 0 Å². The van der Waals surface area contributed by atoms with Crippen molar-refractivity contribution < 1.29 is 14.1 Å². The SMILES string of the molecule is Fc1ccccc1-c1ccc(C[NH2+]CCc2ccccc2)o1. The van der Waals surface area contributed by atoms with Gasteiger partial charge >= 0.3 is 0 Å². The van der Waals surface area contributed by atoms with Crippen LogP contribution >= 0.6 is 0 Å². The van der Waals surface area contributed by atoms with Crippen molar-refractivity contribution >= 4 is 0 Å². The molecule has 0 radical (unpaired) electrons. The van der Waals surface area contributed by atoms with Crippen molar-refractivity contribution in [1.82, 2.24) is 0 Å².